The maximum absolute atomic E-state index is 3.34. The number of hydrogen-bond acceptors (Lipinski definition) is 0. The molecule has 16 rings (SSSR count). The van der Waals surface area contributed by atoms with Crippen LogP contribution in [0, 0.1) is 47.3 Å². The average molecular weight is 1120 g/mol. The second-order valence-corrected chi connectivity index (χ2v) is 22.3. The summed E-state index contributed by atoms with van der Waals surface area (Å²) in [6.07, 6.45) is 23.6. The quantitative estimate of drug-likeness (QED) is 0.107. The van der Waals surface area contributed by atoms with E-state index in [1.165, 1.54) is 194 Å². The number of halogens is 2. The fourth-order valence-electron chi connectivity index (χ4n) is 13.1. The molecule has 4 heteroatoms. The van der Waals surface area contributed by atoms with Crippen LogP contribution in [-0.4, -0.2) is 8.42 Å². The van der Waals surface area contributed by atoms with Gasteiger partial charge in [0.15, 0.2) is 0 Å². The third-order valence-electron chi connectivity index (χ3n) is 17.3. The Morgan fingerprint density at radius 1 is 0.286 bits per heavy atom. The van der Waals surface area contributed by atoms with Crippen LogP contribution < -0.4 is 24.8 Å². The third-order valence-corrected chi connectivity index (χ3v) is 17.3. The average Bonchev–Trinajstić information content (AvgIpc) is 4.18. The van der Waals surface area contributed by atoms with E-state index in [2.05, 4.69) is 154 Å². The third kappa shape index (κ3) is 12.2. The first-order chi connectivity index (χ1) is 33.7. The molecule has 0 spiro atoms. The van der Waals surface area contributed by atoms with E-state index in [4.69, 9.17) is 0 Å². The molecule has 8 aliphatic rings. The van der Waals surface area contributed by atoms with Gasteiger partial charge in [0.1, 0.15) is 0 Å². The molecule has 0 aromatic heterocycles. The van der Waals surface area contributed by atoms with Crippen molar-refractivity contribution < 1.29 is 73.3 Å². The second-order valence-electron chi connectivity index (χ2n) is 22.3. The first kappa shape index (κ1) is 52.3. The molecular formula is C66H72Cl2Zr2-2. The van der Waals surface area contributed by atoms with E-state index in [-0.39, 0.29) is 24.8 Å². The minimum absolute atomic E-state index is 0. The van der Waals surface area contributed by atoms with E-state index in [1.54, 1.807) is 22.3 Å². The van der Waals surface area contributed by atoms with Gasteiger partial charge in [-0.15, -0.1) is 187 Å². The van der Waals surface area contributed by atoms with Crippen LogP contribution in [-0.2, 0) is 48.5 Å². The Balaban J connectivity index is 0.000000112. The molecule has 8 saturated carbocycles. The molecule has 0 N–H and O–H groups in total. The van der Waals surface area contributed by atoms with E-state index >= 15 is 0 Å². The van der Waals surface area contributed by atoms with Crippen LogP contribution in [0.4, 0.5) is 0 Å². The van der Waals surface area contributed by atoms with Crippen molar-refractivity contribution in [2.45, 2.75) is 126 Å². The SMILES string of the molecule is [CH2]=[Zr+2].[CH2]=[Zr+2].[Cl-].[Cl-].c1ccc2c(C(C3CC3)C3CC3)c[cH-]c2c1.c1ccc2c(C(C3CC3)C3CC3)c[cH-]c2c1.c1ccc2c(C(C3CC3)C3CC3)c[cH-]c2c1.c1ccc2c(C(C3CC3)C3CC3)c[cH-]c2c1. The van der Waals surface area contributed by atoms with Crippen molar-refractivity contribution >= 4 is 51.5 Å². The summed E-state index contributed by atoms with van der Waals surface area (Å²) in [5.41, 5.74) is 6.61. The van der Waals surface area contributed by atoms with Crippen molar-refractivity contribution in [3.63, 3.8) is 0 Å². The normalized spacial score (nSPS) is 19.2. The summed E-state index contributed by atoms with van der Waals surface area (Å²) in [6, 6.07) is 54.4. The molecule has 0 radical (unpaired) electrons. The molecule has 8 fully saturated rings. The van der Waals surface area contributed by atoms with E-state index in [9.17, 15) is 0 Å². The molecule has 0 amide bonds. The molecule has 0 atom stereocenters. The fourth-order valence-corrected chi connectivity index (χ4v) is 13.1. The van der Waals surface area contributed by atoms with E-state index in [0.29, 0.717) is 0 Å². The molecule has 0 aliphatic heterocycles. The summed E-state index contributed by atoms with van der Waals surface area (Å²) in [6.45, 7) is 0. The summed E-state index contributed by atoms with van der Waals surface area (Å²) in [4.78, 5) is 0. The van der Waals surface area contributed by atoms with Crippen LogP contribution >= 0.6 is 0 Å². The van der Waals surface area contributed by atoms with Crippen molar-refractivity contribution in [1.82, 2.24) is 0 Å². The van der Waals surface area contributed by atoms with Gasteiger partial charge < -0.3 is 24.8 Å². The maximum Gasteiger partial charge on any atom is -0.0430 e. The summed E-state index contributed by atoms with van der Waals surface area (Å²) < 4.78 is 6.68. The van der Waals surface area contributed by atoms with Gasteiger partial charge in [0.25, 0.3) is 0 Å². The molecule has 8 aliphatic carbocycles. The molecule has 8 aromatic carbocycles. The van der Waals surface area contributed by atoms with Crippen LogP contribution in [0.15, 0.2) is 146 Å². The monoisotopic (exact) mass is 1110 g/mol. The molecule has 0 unspecified atom stereocenters. The molecule has 0 saturated heterocycles. The molecule has 0 heterocycles. The predicted octanol–water partition coefficient (Wildman–Crippen LogP) is 11.8. The van der Waals surface area contributed by atoms with Crippen LogP contribution in [0.5, 0.6) is 0 Å². The summed E-state index contributed by atoms with van der Waals surface area (Å²) in [5.74, 6) is 11.7. The summed E-state index contributed by atoms with van der Waals surface area (Å²) in [7, 11) is 0. The van der Waals surface area contributed by atoms with Crippen molar-refractivity contribution in [2.24, 2.45) is 47.3 Å². The molecule has 8 aromatic rings. The van der Waals surface area contributed by atoms with Gasteiger partial charge in [0.2, 0.25) is 0 Å². The molecule has 360 valence electrons. The summed E-state index contributed by atoms with van der Waals surface area (Å²) in [5, 5.41) is 11.8. The van der Waals surface area contributed by atoms with E-state index < -0.39 is 0 Å². The molecular weight excluding hydrogens is 1050 g/mol. The van der Waals surface area contributed by atoms with Gasteiger partial charge in [-0.2, -0.15) is 0 Å². The van der Waals surface area contributed by atoms with Gasteiger partial charge in [-0.1, -0.05) is 151 Å². The number of rotatable bonds is 12. The Morgan fingerprint density at radius 3 is 0.600 bits per heavy atom. The zero-order valence-electron chi connectivity index (χ0n) is 41.3. The number of fused-ring (bicyclic) bond motifs is 4. The van der Waals surface area contributed by atoms with Crippen LogP contribution in [0.25, 0.3) is 43.1 Å². The van der Waals surface area contributed by atoms with Gasteiger partial charge in [-0.3, -0.25) is 0 Å². The van der Waals surface area contributed by atoms with Gasteiger partial charge in [-0.25, -0.2) is 0 Å². The minimum Gasteiger partial charge on any atom is -1.00 e. The van der Waals surface area contributed by atoms with Crippen molar-refractivity contribution in [3.05, 3.63) is 168 Å². The number of hydrogen-bond donors (Lipinski definition) is 0. The van der Waals surface area contributed by atoms with Gasteiger partial charge in [0.05, 0.1) is 0 Å². The van der Waals surface area contributed by atoms with Gasteiger partial charge in [0, 0.05) is 0 Å². The van der Waals surface area contributed by atoms with Crippen molar-refractivity contribution in [1.29, 1.82) is 0 Å². The zero-order chi connectivity index (χ0) is 46.1. The first-order valence-corrected chi connectivity index (χ1v) is 30.5. The van der Waals surface area contributed by atoms with Crippen LogP contribution in [0.1, 0.15) is 149 Å². The minimum atomic E-state index is 0. The molecule has 0 bridgehead atoms. The largest absolute Gasteiger partial charge is 1.00 e. The zero-order valence-corrected chi connectivity index (χ0v) is 47.7. The first-order valence-electron chi connectivity index (χ1n) is 27.0. The Labute approximate surface area is 462 Å². The Morgan fingerprint density at radius 2 is 0.443 bits per heavy atom. The standard InChI is InChI=1S/4C16H17.2CH2.2ClH.2Zr/c4*1-2-4-14-11(3-1)9-10-15(14)16(12-5-6-12)13-7-8-13;;;;;;/h4*1-4,9-10,12-13,16H,5-8H2;2*1H2;2*1H;;/q4*-1;;;;;2*+2/p-2. The second kappa shape index (κ2) is 23.7. The van der Waals surface area contributed by atoms with Crippen molar-refractivity contribution in [2.75, 3.05) is 0 Å². The van der Waals surface area contributed by atoms with E-state index in [1.807, 2.05) is 0 Å². The Kier molecular flexibility index (Phi) is 17.7. The number of benzene rings is 4. The molecule has 70 heavy (non-hydrogen) atoms. The Hall–Kier alpha value is -2.59. The fraction of sp³-hybridized carbons (Fsp3) is 0.424. The smallest absolute Gasteiger partial charge is 0.0430 e. The van der Waals surface area contributed by atoms with E-state index in [0.717, 1.165) is 71.0 Å². The van der Waals surface area contributed by atoms with Crippen molar-refractivity contribution in [3.8, 4) is 0 Å². The van der Waals surface area contributed by atoms with Crippen LogP contribution in [0.2, 0.25) is 0 Å². The maximum atomic E-state index is 3.34. The predicted molar refractivity (Wildman–Crippen MR) is 285 cm³/mol. The topological polar surface area (TPSA) is 0 Å². The summed E-state index contributed by atoms with van der Waals surface area (Å²) >= 11 is 2.60. The van der Waals surface area contributed by atoms with Gasteiger partial charge in [-0.05, 0) is 47.3 Å². The van der Waals surface area contributed by atoms with Gasteiger partial charge >= 0.3 is 56.9 Å². The Bertz CT molecular complexity index is 2450. The molecule has 0 nitrogen and oxygen atoms in total. The van der Waals surface area contributed by atoms with Crippen LogP contribution in [0.3, 0.4) is 0 Å².